The molecule has 0 radical (unpaired) electrons. The van der Waals surface area contributed by atoms with Gasteiger partial charge in [-0.05, 0) is 59.4 Å². The van der Waals surface area contributed by atoms with Gasteiger partial charge in [-0.3, -0.25) is 4.90 Å². The Morgan fingerprint density at radius 1 is 0.679 bits per heavy atom. The van der Waals surface area contributed by atoms with E-state index >= 15 is 0 Å². The number of rotatable bonds is 6. The highest BCUT2D eigenvalue weighted by Gasteiger charge is 2.43. The van der Waals surface area contributed by atoms with Gasteiger partial charge in [-0.2, -0.15) is 0 Å². The lowest BCUT2D eigenvalue weighted by Gasteiger charge is -2.48. The highest BCUT2D eigenvalue weighted by molar-refractivity contribution is 14.1. The number of likely N-dealkylation sites (tertiary alicyclic amines) is 1. The lowest BCUT2D eigenvalue weighted by atomic mass is 9.74. The summed E-state index contributed by atoms with van der Waals surface area (Å²) in [5.74, 6) is 0.869. The van der Waals surface area contributed by atoms with E-state index in [1.54, 1.807) is 0 Å². The van der Waals surface area contributed by atoms with Crippen LogP contribution in [-0.2, 0) is 5.54 Å². The lowest BCUT2D eigenvalue weighted by molar-refractivity contribution is 0.101. The summed E-state index contributed by atoms with van der Waals surface area (Å²) in [6.07, 6.45) is 3.93. The van der Waals surface area contributed by atoms with Gasteiger partial charge in [0.25, 0.3) is 0 Å². The first kappa shape index (κ1) is 19.7. The Labute approximate surface area is 182 Å². The van der Waals surface area contributed by atoms with Gasteiger partial charge in [-0.25, -0.2) is 0 Å². The van der Waals surface area contributed by atoms with E-state index < -0.39 is 0 Å². The van der Waals surface area contributed by atoms with Gasteiger partial charge >= 0.3 is 0 Å². The van der Waals surface area contributed by atoms with Crippen molar-refractivity contribution in [3.63, 3.8) is 0 Å². The first-order chi connectivity index (χ1) is 13.9. The summed E-state index contributed by atoms with van der Waals surface area (Å²) >= 11 is 2.53. The van der Waals surface area contributed by atoms with Crippen molar-refractivity contribution in [3.8, 4) is 0 Å². The van der Waals surface area contributed by atoms with E-state index in [2.05, 4.69) is 118 Å². The third-order valence-corrected chi connectivity index (χ3v) is 6.80. The monoisotopic (exact) mass is 481 g/mol. The predicted octanol–water partition coefficient (Wildman–Crippen LogP) is 6.52. The first-order valence-corrected chi connectivity index (χ1v) is 11.9. The van der Waals surface area contributed by atoms with Gasteiger partial charge in [0.05, 0.1) is 5.54 Å². The van der Waals surface area contributed by atoms with Crippen LogP contribution >= 0.6 is 22.6 Å². The summed E-state index contributed by atoms with van der Waals surface area (Å²) in [6, 6.07) is 33.3. The van der Waals surface area contributed by atoms with Crippen LogP contribution in [-0.4, -0.2) is 22.4 Å². The second-order valence-electron chi connectivity index (χ2n) is 7.72. The minimum atomic E-state index is -0.237. The van der Waals surface area contributed by atoms with Crippen LogP contribution in [0.15, 0.2) is 91.0 Å². The maximum absolute atomic E-state index is 2.73. The zero-order valence-electron chi connectivity index (χ0n) is 16.3. The summed E-state index contributed by atoms with van der Waals surface area (Å²) in [5.41, 5.74) is 3.85. The van der Waals surface area contributed by atoms with Crippen molar-refractivity contribution in [1.82, 2.24) is 4.90 Å². The summed E-state index contributed by atoms with van der Waals surface area (Å²) in [7, 11) is 0. The van der Waals surface area contributed by atoms with Crippen molar-refractivity contribution >= 4 is 22.6 Å². The molecule has 0 aliphatic carbocycles. The molecule has 0 N–H and O–H groups in total. The molecule has 1 heterocycles. The van der Waals surface area contributed by atoms with Gasteiger partial charge in [0, 0.05) is 0 Å². The molecular weight excluding hydrogens is 453 g/mol. The smallest absolute Gasteiger partial charge is 0.0972 e. The predicted molar refractivity (Wildman–Crippen MR) is 127 cm³/mol. The Kier molecular flexibility index (Phi) is 6.48. The maximum Gasteiger partial charge on any atom is 0.0972 e. The zero-order valence-corrected chi connectivity index (χ0v) is 18.5. The van der Waals surface area contributed by atoms with Crippen molar-refractivity contribution < 1.29 is 0 Å². The van der Waals surface area contributed by atoms with Crippen molar-refractivity contribution in [3.05, 3.63) is 108 Å². The lowest BCUT2D eigenvalue weighted by Crippen LogP contribution is -2.51. The van der Waals surface area contributed by atoms with Gasteiger partial charge in [-0.1, -0.05) is 114 Å². The molecule has 0 aromatic heterocycles. The van der Waals surface area contributed by atoms with E-state index in [0.717, 1.165) is 19.0 Å². The fourth-order valence-corrected chi connectivity index (χ4v) is 5.68. The molecule has 2 heteroatoms. The quantitative estimate of drug-likeness (QED) is 0.220. The largest absolute Gasteiger partial charge is 0.286 e. The van der Waals surface area contributed by atoms with Gasteiger partial charge in [-0.15, -0.1) is 0 Å². The van der Waals surface area contributed by atoms with Gasteiger partial charge < -0.3 is 0 Å². The molecule has 0 spiro atoms. The van der Waals surface area contributed by atoms with E-state index in [4.69, 9.17) is 0 Å². The van der Waals surface area contributed by atoms with Crippen LogP contribution in [0, 0.1) is 5.92 Å². The minimum absolute atomic E-state index is 0.237. The van der Waals surface area contributed by atoms with Crippen LogP contribution in [0.2, 0.25) is 0 Å². The zero-order chi connectivity index (χ0) is 19.2. The van der Waals surface area contributed by atoms with E-state index in [1.165, 1.54) is 40.4 Å². The number of hydrogen-bond donors (Lipinski definition) is 0. The van der Waals surface area contributed by atoms with E-state index in [-0.39, 0.29) is 5.54 Å². The summed E-state index contributed by atoms with van der Waals surface area (Å²) in [5, 5.41) is 0. The number of halogens is 1. The van der Waals surface area contributed by atoms with Crippen LogP contribution in [0.25, 0.3) is 0 Å². The number of alkyl halides is 1. The third kappa shape index (κ3) is 3.77. The van der Waals surface area contributed by atoms with Crippen LogP contribution < -0.4 is 0 Å². The molecule has 4 rings (SSSR count). The molecule has 3 aromatic carbocycles. The molecule has 0 atom stereocenters. The Morgan fingerprint density at radius 3 is 1.43 bits per heavy atom. The second kappa shape index (κ2) is 9.23. The Balaban J connectivity index is 1.87. The Morgan fingerprint density at radius 2 is 1.07 bits per heavy atom. The maximum atomic E-state index is 2.73. The highest BCUT2D eigenvalue weighted by Crippen LogP contribution is 2.44. The molecule has 3 aromatic rings. The number of benzene rings is 3. The molecule has 1 fully saturated rings. The van der Waals surface area contributed by atoms with Crippen LogP contribution in [0.4, 0.5) is 0 Å². The van der Waals surface area contributed by atoms with E-state index in [9.17, 15) is 0 Å². The molecule has 28 heavy (non-hydrogen) atoms. The molecule has 0 unspecified atom stereocenters. The molecule has 1 saturated heterocycles. The number of piperidine rings is 1. The summed E-state index contributed by atoms with van der Waals surface area (Å²) in [6.45, 7) is 2.28. The van der Waals surface area contributed by atoms with Crippen molar-refractivity contribution in [2.24, 2.45) is 5.92 Å². The SMILES string of the molecule is ICCC1CCN(C(c2ccccc2)(c2ccccc2)c2ccccc2)CC1. The fraction of sp³-hybridized carbons (Fsp3) is 0.308. The Hall–Kier alpha value is -1.65. The molecule has 1 aliphatic heterocycles. The van der Waals surface area contributed by atoms with Gasteiger partial charge in [0.2, 0.25) is 0 Å². The summed E-state index contributed by atoms with van der Waals surface area (Å²) < 4.78 is 1.27. The summed E-state index contributed by atoms with van der Waals surface area (Å²) in [4.78, 5) is 2.73. The van der Waals surface area contributed by atoms with Crippen LogP contribution in [0.1, 0.15) is 36.0 Å². The average Bonchev–Trinajstić information content (AvgIpc) is 2.78. The molecule has 0 saturated carbocycles. The standard InChI is InChI=1S/C26H28IN/c27-19-16-22-17-20-28(21-18-22)26(23-10-4-1-5-11-23,24-12-6-2-7-13-24)25-14-8-3-9-15-25/h1-15,22H,16-21H2. The molecular formula is C26H28IN. The van der Waals surface area contributed by atoms with Gasteiger partial charge in [0.1, 0.15) is 0 Å². The average molecular weight is 481 g/mol. The van der Waals surface area contributed by atoms with E-state index in [1.807, 2.05) is 0 Å². The molecule has 0 bridgehead atoms. The normalized spacial score (nSPS) is 16.2. The minimum Gasteiger partial charge on any atom is -0.286 e. The van der Waals surface area contributed by atoms with Gasteiger partial charge in [0.15, 0.2) is 0 Å². The van der Waals surface area contributed by atoms with Crippen LogP contribution in [0.5, 0.6) is 0 Å². The van der Waals surface area contributed by atoms with Crippen molar-refractivity contribution in [2.75, 3.05) is 17.5 Å². The topological polar surface area (TPSA) is 3.24 Å². The van der Waals surface area contributed by atoms with Crippen molar-refractivity contribution in [2.45, 2.75) is 24.8 Å². The number of nitrogens with zero attached hydrogens (tertiary/aromatic N) is 1. The Bertz CT molecular complexity index is 743. The first-order valence-electron chi connectivity index (χ1n) is 10.3. The second-order valence-corrected chi connectivity index (χ2v) is 8.80. The van der Waals surface area contributed by atoms with Crippen LogP contribution in [0.3, 0.4) is 0 Å². The third-order valence-electron chi connectivity index (χ3n) is 6.18. The molecule has 1 aliphatic rings. The van der Waals surface area contributed by atoms with Crippen molar-refractivity contribution in [1.29, 1.82) is 0 Å². The molecule has 144 valence electrons. The highest BCUT2D eigenvalue weighted by atomic mass is 127. The molecule has 1 nitrogen and oxygen atoms in total. The molecule has 0 amide bonds. The van der Waals surface area contributed by atoms with E-state index in [0.29, 0.717) is 0 Å². The fourth-order valence-electron chi connectivity index (χ4n) is 4.80. The number of hydrogen-bond acceptors (Lipinski definition) is 1.